The van der Waals surface area contributed by atoms with Gasteiger partial charge in [0.05, 0.1) is 0 Å². The Morgan fingerprint density at radius 1 is 0.765 bits per heavy atom. The van der Waals surface area contributed by atoms with Crippen LogP contribution in [0.3, 0.4) is 0 Å². The van der Waals surface area contributed by atoms with Crippen LogP contribution in [0.25, 0.3) is 0 Å². The summed E-state index contributed by atoms with van der Waals surface area (Å²) >= 11 is 0. The molecule has 0 aromatic carbocycles. The van der Waals surface area contributed by atoms with Crippen LogP contribution >= 0.6 is 0 Å². The van der Waals surface area contributed by atoms with E-state index in [1.807, 2.05) is 0 Å². The smallest absolute Gasteiger partial charge is 2.00 e. The molecule has 0 radical (unpaired) electrons. The van der Waals surface area contributed by atoms with E-state index in [1.54, 1.807) is 0 Å². The average molecular weight is 330 g/mol. The summed E-state index contributed by atoms with van der Waals surface area (Å²) in [5, 5.41) is 19.0. The van der Waals surface area contributed by atoms with Crippen LogP contribution in [-0.4, -0.2) is 23.5 Å². The molecule has 96 valence electrons. The van der Waals surface area contributed by atoms with Crippen molar-refractivity contribution >= 4 is 23.5 Å². The number of hydrogen-bond donors (Lipinski definition) is 0. The molecule has 0 aromatic heterocycles. The summed E-state index contributed by atoms with van der Waals surface area (Å²) in [6, 6.07) is 0. The number of Topliss-reactive ketones (excluding diaryl/α,β-unsaturated/α-hetero) is 2. The number of ketones is 2. The van der Waals surface area contributed by atoms with Gasteiger partial charge in [-0.3, -0.25) is 9.59 Å². The van der Waals surface area contributed by atoms with Gasteiger partial charge in [0, 0.05) is 24.8 Å². The molecular formula is C8H10MoO8. The van der Waals surface area contributed by atoms with Crippen LogP contribution in [0.4, 0.5) is 0 Å². The number of aliphatic carboxylic acids is 2. The first-order valence-electron chi connectivity index (χ1n) is 3.64. The molecule has 8 nitrogen and oxygen atoms in total. The monoisotopic (exact) mass is 332 g/mol. The molecule has 0 atom stereocenters. The van der Waals surface area contributed by atoms with E-state index < -0.39 is 24.8 Å². The summed E-state index contributed by atoms with van der Waals surface area (Å²) in [6.45, 7) is 2.41. The van der Waals surface area contributed by atoms with Crippen molar-refractivity contribution in [2.24, 2.45) is 0 Å². The van der Waals surface area contributed by atoms with Crippen LogP contribution in [0.15, 0.2) is 0 Å². The van der Waals surface area contributed by atoms with Gasteiger partial charge in [-0.05, 0) is 13.8 Å². The molecule has 0 unspecified atom stereocenters. The van der Waals surface area contributed by atoms with E-state index in [0.717, 1.165) is 0 Å². The molecule has 0 aliphatic carbocycles. The van der Waals surface area contributed by atoms with E-state index in [-0.39, 0.29) is 43.6 Å². The van der Waals surface area contributed by atoms with Crippen molar-refractivity contribution in [3.8, 4) is 0 Å². The number of carboxylic acids is 2. The van der Waals surface area contributed by atoms with Gasteiger partial charge in [-0.1, -0.05) is 0 Å². The number of carboxylic acid groups (broad SMARTS) is 2. The fourth-order valence-corrected chi connectivity index (χ4v) is 0.407. The van der Waals surface area contributed by atoms with Gasteiger partial charge in [0.25, 0.3) is 0 Å². The number of carbonyl (C=O) groups is 4. The maximum absolute atomic E-state index is 9.83. The van der Waals surface area contributed by atoms with E-state index in [4.69, 9.17) is 0 Å². The number of hydrogen-bond acceptors (Lipinski definition) is 6. The molecule has 0 N–H and O–H groups in total. The number of rotatable bonds is 4. The summed E-state index contributed by atoms with van der Waals surface area (Å²) in [5.41, 5.74) is 0. The van der Waals surface area contributed by atoms with Crippen LogP contribution in [0, 0.1) is 0 Å². The molecule has 0 heterocycles. The molecule has 17 heavy (non-hydrogen) atoms. The van der Waals surface area contributed by atoms with Crippen LogP contribution in [0.1, 0.15) is 26.7 Å². The van der Waals surface area contributed by atoms with E-state index in [1.165, 1.54) is 13.8 Å². The van der Waals surface area contributed by atoms with Gasteiger partial charge in [-0.15, -0.1) is 0 Å². The summed E-state index contributed by atoms with van der Waals surface area (Å²) in [7, 11) is 0. The third-order valence-electron chi connectivity index (χ3n) is 0.787. The first kappa shape index (κ1) is 29.7. The molecule has 0 rings (SSSR count). The van der Waals surface area contributed by atoms with Crippen molar-refractivity contribution in [3.63, 3.8) is 0 Å². The minimum Gasteiger partial charge on any atom is -2.00 e. The van der Waals surface area contributed by atoms with Crippen LogP contribution in [-0.2, 0) is 51.2 Å². The summed E-state index contributed by atoms with van der Waals surface area (Å²) in [6.07, 6.45) is -0.944. The average Bonchev–Trinajstić information content (AvgIpc) is 1.79. The molecule has 0 saturated heterocycles. The van der Waals surface area contributed by atoms with Gasteiger partial charge in [0.2, 0.25) is 0 Å². The maximum Gasteiger partial charge on any atom is 6.00 e. The largest absolute Gasteiger partial charge is 6.00 e. The molecule has 0 amide bonds. The van der Waals surface area contributed by atoms with Gasteiger partial charge in [0.1, 0.15) is 11.6 Å². The van der Waals surface area contributed by atoms with E-state index >= 15 is 0 Å². The zero-order valence-corrected chi connectivity index (χ0v) is 11.1. The van der Waals surface area contributed by atoms with Crippen molar-refractivity contribution in [2.45, 2.75) is 26.7 Å². The van der Waals surface area contributed by atoms with Gasteiger partial charge in [0.15, 0.2) is 0 Å². The van der Waals surface area contributed by atoms with Crippen LogP contribution in [0.5, 0.6) is 0 Å². The SMILES string of the molecule is CC(=O)CC(=O)[O-].CC(=O)CC(=O)[O-].[Mo+6].[O-2].[O-2]. The number of carbonyl (C=O) groups excluding carboxylic acids is 4. The Labute approximate surface area is 112 Å². The van der Waals surface area contributed by atoms with Crippen LogP contribution < -0.4 is 10.2 Å². The second-order valence-corrected chi connectivity index (χ2v) is 2.50. The Kier molecular flexibility index (Phi) is 30.2. The molecule has 0 aliphatic rings. The van der Waals surface area contributed by atoms with Gasteiger partial charge >= 0.3 is 21.1 Å². The van der Waals surface area contributed by atoms with Crippen LogP contribution in [0.2, 0.25) is 0 Å². The molecule has 0 fully saturated rings. The van der Waals surface area contributed by atoms with Crippen molar-refractivity contribution < 1.29 is 61.4 Å². The molecule has 0 aliphatic heterocycles. The van der Waals surface area contributed by atoms with Gasteiger partial charge < -0.3 is 30.8 Å². The van der Waals surface area contributed by atoms with Crippen molar-refractivity contribution in [1.82, 2.24) is 0 Å². The van der Waals surface area contributed by atoms with Gasteiger partial charge in [-0.2, -0.15) is 0 Å². The normalized spacial score (nSPS) is 6.71. The van der Waals surface area contributed by atoms with E-state index in [9.17, 15) is 29.4 Å². The zero-order valence-electron chi connectivity index (χ0n) is 9.09. The first-order chi connectivity index (χ1) is 6.25. The maximum atomic E-state index is 9.83. The van der Waals surface area contributed by atoms with Gasteiger partial charge in [-0.25, -0.2) is 0 Å². The Morgan fingerprint density at radius 3 is 0.941 bits per heavy atom. The Bertz CT molecular complexity index is 200. The van der Waals surface area contributed by atoms with E-state index in [0.29, 0.717) is 0 Å². The molecule has 9 heteroatoms. The Balaban J connectivity index is -0.0000000480. The topological polar surface area (TPSA) is 171 Å². The fourth-order valence-electron chi connectivity index (χ4n) is 0.407. The van der Waals surface area contributed by atoms with Crippen molar-refractivity contribution in [1.29, 1.82) is 0 Å². The minimum atomic E-state index is -1.31. The zero-order chi connectivity index (χ0) is 11.7. The quantitative estimate of drug-likeness (QED) is 0.397. The second kappa shape index (κ2) is 17.3. The first-order valence-corrected chi connectivity index (χ1v) is 3.64. The third kappa shape index (κ3) is 52.1. The van der Waals surface area contributed by atoms with Crippen molar-refractivity contribution in [2.75, 3.05) is 0 Å². The molecule has 0 saturated carbocycles. The summed E-state index contributed by atoms with van der Waals surface area (Å²) in [5.74, 6) is -3.37. The standard InChI is InChI=1S/2C4H6O3.Mo.2O/c2*1-3(5)2-4(6)7;;;/h2*2H2,1H3,(H,6,7);;;/q;;+6;2*-2/p-2. The Hall–Kier alpha value is -1.11. The predicted molar refractivity (Wildman–Crippen MR) is 42.0 cm³/mol. The second-order valence-electron chi connectivity index (χ2n) is 2.50. The Morgan fingerprint density at radius 2 is 0.941 bits per heavy atom. The molecular weight excluding hydrogens is 320 g/mol. The third-order valence-corrected chi connectivity index (χ3v) is 0.787. The summed E-state index contributed by atoms with van der Waals surface area (Å²) in [4.78, 5) is 38.6. The molecule has 0 aromatic rings. The molecule has 0 spiro atoms. The van der Waals surface area contributed by atoms with E-state index in [2.05, 4.69) is 0 Å². The van der Waals surface area contributed by atoms with Crippen molar-refractivity contribution in [3.05, 3.63) is 0 Å². The summed E-state index contributed by atoms with van der Waals surface area (Å²) < 4.78 is 0. The minimum absolute atomic E-state index is 0. The fraction of sp³-hybridized carbons (Fsp3) is 0.500. The molecule has 0 bridgehead atoms. The predicted octanol–water partition coefficient (Wildman–Crippen LogP) is -2.81.